The van der Waals surface area contributed by atoms with Crippen LogP contribution in [0.4, 0.5) is 0 Å². The van der Waals surface area contributed by atoms with Crippen LogP contribution in [0.3, 0.4) is 0 Å². The highest BCUT2D eigenvalue weighted by Gasteiger charge is 2.50. The molecule has 8 nitrogen and oxygen atoms in total. The van der Waals surface area contributed by atoms with Crippen LogP contribution in [-0.4, -0.2) is 40.0 Å². The molecular weight excluding hydrogens is 418 g/mol. The molecule has 1 aromatic rings. The van der Waals surface area contributed by atoms with E-state index in [0.29, 0.717) is 6.54 Å². The molecule has 4 aliphatic carbocycles. The van der Waals surface area contributed by atoms with Crippen LogP contribution < -0.4 is 10.0 Å². The van der Waals surface area contributed by atoms with Crippen molar-refractivity contribution >= 4 is 21.9 Å². The molecule has 0 aliphatic heterocycles. The zero-order valence-corrected chi connectivity index (χ0v) is 18.1. The van der Waals surface area contributed by atoms with Gasteiger partial charge in [0, 0.05) is 6.54 Å². The van der Waals surface area contributed by atoms with E-state index in [9.17, 15) is 18.0 Å². The SMILES string of the molecule is N#Cc1cccc(S(=O)(=O)NCC(=O)OCC(=O)NCC23CC4CC(CC(C4)C2)C3)c1. The van der Waals surface area contributed by atoms with Gasteiger partial charge in [0.15, 0.2) is 6.61 Å². The normalized spacial score (nSPS) is 28.7. The first-order valence-corrected chi connectivity index (χ1v) is 12.2. The fourth-order valence-corrected chi connectivity index (χ4v) is 7.03. The van der Waals surface area contributed by atoms with E-state index in [1.807, 2.05) is 6.07 Å². The number of nitrogens with one attached hydrogen (secondary N) is 2. The fraction of sp³-hybridized carbons (Fsp3) is 0.591. The first-order valence-electron chi connectivity index (χ1n) is 10.7. The molecule has 0 radical (unpaired) electrons. The molecule has 0 heterocycles. The number of ether oxygens (including phenoxy) is 1. The van der Waals surface area contributed by atoms with Crippen molar-refractivity contribution in [3.63, 3.8) is 0 Å². The molecule has 0 atom stereocenters. The van der Waals surface area contributed by atoms with Gasteiger partial charge in [0.05, 0.1) is 16.5 Å². The Labute approximate surface area is 182 Å². The zero-order valence-electron chi connectivity index (χ0n) is 17.3. The third-order valence-electron chi connectivity index (χ3n) is 6.87. The number of benzene rings is 1. The average molecular weight is 446 g/mol. The highest BCUT2D eigenvalue weighted by Crippen LogP contribution is 2.59. The van der Waals surface area contributed by atoms with E-state index in [2.05, 4.69) is 10.0 Å². The molecule has 1 aromatic carbocycles. The van der Waals surface area contributed by atoms with E-state index in [0.717, 1.165) is 17.8 Å². The van der Waals surface area contributed by atoms with Crippen LogP contribution >= 0.6 is 0 Å². The molecule has 0 unspecified atom stereocenters. The van der Waals surface area contributed by atoms with Crippen LogP contribution in [0, 0.1) is 34.5 Å². The molecule has 4 bridgehead atoms. The quantitative estimate of drug-likeness (QED) is 0.587. The van der Waals surface area contributed by atoms with Gasteiger partial charge in [-0.2, -0.15) is 9.98 Å². The van der Waals surface area contributed by atoms with Crippen molar-refractivity contribution < 1.29 is 22.7 Å². The molecule has 166 valence electrons. The number of carbonyl (C=O) groups excluding carboxylic acids is 2. The number of carbonyl (C=O) groups is 2. The van der Waals surface area contributed by atoms with E-state index in [1.54, 1.807) is 0 Å². The van der Waals surface area contributed by atoms with Gasteiger partial charge in [-0.05, 0) is 79.9 Å². The van der Waals surface area contributed by atoms with Crippen molar-refractivity contribution in [2.45, 2.75) is 43.4 Å². The van der Waals surface area contributed by atoms with E-state index in [1.165, 1.54) is 62.8 Å². The standard InChI is InChI=1S/C22H27N3O5S/c23-11-15-2-1-3-19(7-15)31(28,29)25-12-21(27)30-13-20(26)24-14-22-8-16-4-17(9-22)6-18(5-16)10-22/h1-3,7,16-18,25H,4-6,8-10,12-14H2,(H,24,26). The molecule has 4 aliphatic rings. The minimum absolute atomic E-state index is 0.118. The Bertz CT molecular complexity index is 979. The second kappa shape index (κ2) is 8.60. The summed E-state index contributed by atoms with van der Waals surface area (Å²) in [6.45, 7) is -0.410. The van der Waals surface area contributed by atoms with Crippen molar-refractivity contribution in [1.82, 2.24) is 10.0 Å². The lowest BCUT2D eigenvalue weighted by atomic mass is 9.49. The summed E-state index contributed by atoms with van der Waals surface area (Å²) in [7, 11) is -3.97. The van der Waals surface area contributed by atoms with E-state index < -0.39 is 29.1 Å². The summed E-state index contributed by atoms with van der Waals surface area (Å²) >= 11 is 0. The first kappa shape index (κ1) is 21.8. The second-order valence-corrected chi connectivity index (χ2v) is 11.1. The lowest BCUT2D eigenvalue weighted by Gasteiger charge is -2.56. The predicted octanol–water partition coefficient (Wildman–Crippen LogP) is 1.71. The predicted molar refractivity (Wildman–Crippen MR) is 111 cm³/mol. The molecule has 0 saturated heterocycles. The summed E-state index contributed by atoms with van der Waals surface area (Å²) in [5.41, 5.74) is 0.392. The third kappa shape index (κ3) is 5.08. The Morgan fingerprint density at radius 3 is 2.39 bits per heavy atom. The van der Waals surface area contributed by atoms with Gasteiger partial charge in [-0.1, -0.05) is 6.07 Å². The molecule has 5 rings (SSSR count). The maximum absolute atomic E-state index is 12.2. The van der Waals surface area contributed by atoms with Crippen LogP contribution in [0.1, 0.15) is 44.1 Å². The second-order valence-electron chi connectivity index (χ2n) is 9.32. The van der Waals surface area contributed by atoms with Gasteiger partial charge < -0.3 is 10.1 Å². The Morgan fingerprint density at radius 2 is 1.77 bits per heavy atom. The Hall–Kier alpha value is -2.44. The van der Waals surface area contributed by atoms with Crippen LogP contribution in [0.2, 0.25) is 0 Å². The summed E-state index contributed by atoms with van der Waals surface area (Å²) in [6.07, 6.45) is 7.53. The lowest BCUT2D eigenvalue weighted by molar-refractivity contribution is -0.147. The highest BCUT2D eigenvalue weighted by atomic mass is 32.2. The molecule has 4 saturated carbocycles. The minimum Gasteiger partial charge on any atom is -0.455 e. The van der Waals surface area contributed by atoms with Crippen molar-refractivity contribution in [3.8, 4) is 6.07 Å². The van der Waals surface area contributed by atoms with Gasteiger partial charge in [0.2, 0.25) is 10.0 Å². The smallest absolute Gasteiger partial charge is 0.321 e. The first-order chi connectivity index (χ1) is 14.8. The molecule has 1 amide bonds. The minimum atomic E-state index is -3.97. The van der Waals surface area contributed by atoms with Crippen molar-refractivity contribution in [1.29, 1.82) is 5.26 Å². The summed E-state index contributed by atoms with van der Waals surface area (Å²) in [6, 6.07) is 7.33. The Balaban J connectivity index is 1.20. The average Bonchev–Trinajstić information content (AvgIpc) is 2.74. The number of hydrogen-bond donors (Lipinski definition) is 2. The number of nitrogens with zero attached hydrogens (tertiary/aromatic N) is 1. The number of hydrogen-bond acceptors (Lipinski definition) is 6. The Morgan fingerprint density at radius 1 is 1.13 bits per heavy atom. The van der Waals surface area contributed by atoms with E-state index in [-0.39, 0.29) is 21.8 Å². The summed E-state index contributed by atoms with van der Waals surface area (Å²) in [4.78, 5) is 24.0. The van der Waals surface area contributed by atoms with Gasteiger partial charge in [0.25, 0.3) is 5.91 Å². The van der Waals surface area contributed by atoms with Gasteiger partial charge in [0.1, 0.15) is 6.54 Å². The summed E-state index contributed by atoms with van der Waals surface area (Å²) < 4.78 is 31.5. The molecule has 0 spiro atoms. The molecule has 31 heavy (non-hydrogen) atoms. The van der Waals surface area contributed by atoms with Crippen molar-refractivity contribution in [2.24, 2.45) is 23.2 Å². The largest absolute Gasteiger partial charge is 0.455 e. The zero-order chi connectivity index (χ0) is 22.1. The van der Waals surface area contributed by atoms with Crippen molar-refractivity contribution in [2.75, 3.05) is 19.7 Å². The van der Waals surface area contributed by atoms with Gasteiger partial charge in [-0.15, -0.1) is 0 Å². The molecule has 0 aromatic heterocycles. The van der Waals surface area contributed by atoms with Crippen LogP contribution in [0.15, 0.2) is 29.2 Å². The number of nitriles is 1. The van der Waals surface area contributed by atoms with Crippen molar-refractivity contribution in [3.05, 3.63) is 29.8 Å². The number of amides is 1. The van der Waals surface area contributed by atoms with Crippen LogP contribution in [0.5, 0.6) is 0 Å². The maximum Gasteiger partial charge on any atom is 0.321 e. The van der Waals surface area contributed by atoms with E-state index >= 15 is 0 Å². The maximum atomic E-state index is 12.2. The van der Waals surface area contributed by atoms with Crippen LogP contribution in [0.25, 0.3) is 0 Å². The molecule has 4 fully saturated rings. The molecule has 2 N–H and O–H groups in total. The van der Waals surface area contributed by atoms with Gasteiger partial charge in [-0.25, -0.2) is 8.42 Å². The summed E-state index contributed by atoms with van der Waals surface area (Å²) in [5, 5.41) is 11.8. The molecule has 9 heteroatoms. The summed E-state index contributed by atoms with van der Waals surface area (Å²) in [5.74, 6) is 1.17. The highest BCUT2D eigenvalue weighted by molar-refractivity contribution is 7.89. The number of sulfonamides is 1. The lowest BCUT2D eigenvalue weighted by Crippen LogP contribution is -2.51. The van der Waals surface area contributed by atoms with Crippen LogP contribution in [-0.2, 0) is 24.3 Å². The topological polar surface area (TPSA) is 125 Å². The monoisotopic (exact) mass is 445 g/mol. The van der Waals surface area contributed by atoms with Gasteiger partial charge >= 0.3 is 5.97 Å². The third-order valence-corrected chi connectivity index (χ3v) is 8.27. The Kier molecular flexibility index (Phi) is 6.04. The fourth-order valence-electron chi connectivity index (χ4n) is 6.01. The number of rotatable bonds is 8. The van der Waals surface area contributed by atoms with E-state index in [4.69, 9.17) is 10.00 Å². The van der Waals surface area contributed by atoms with Gasteiger partial charge in [-0.3, -0.25) is 9.59 Å². The number of esters is 1. The molecular formula is C22H27N3O5S.